The van der Waals surface area contributed by atoms with Gasteiger partial charge in [-0.25, -0.2) is 10.8 Å². The van der Waals surface area contributed by atoms with E-state index in [-0.39, 0.29) is 0 Å². The number of hydrogen-bond donors (Lipinski definition) is 3. The molecule has 0 atom stereocenters. The number of rotatable bonds is 7. The first-order valence-electron chi connectivity index (χ1n) is 5.58. The predicted octanol–water partition coefficient (Wildman–Crippen LogP) is -0.593. The summed E-state index contributed by atoms with van der Waals surface area (Å²) in [6.45, 7) is 2.39. The SMILES string of the molecule is COCCN=C(NN)Nc1cnn(CCOC)c1. The molecule has 1 aromatic heterocycles. The molecule has 0 saturated heterocycles. The Balaban J connectivity index is 2.48. The van der Waals surface area contributed by atoms with Gasteiger partial charge in [0.1, 0.15) is 0 Å². The molecule has 8 heteroatoms. The van der Waals surface area contributed by atoms with Crippen LogP contribution in [0.2, 0.25) is 0 Å². The molecular weight excluding hydrogens is 236 g/mol. The maximum Gasteiger partial charge on any atom is 0.210 e. The van der Waals surface area contributed by atoms with Crippen LogP contribution in [0.4, 0.5) is 5.69 Å². The summed E-state index contributed by atoms with van der Waals surface area (Å²) in [4.78, 5) is 4.18. The second kappa shape index (κ2) is 8.45. The van der Waals surface area contributed by atoms with Crippen molar-refractivity contribution in [3.8, 4) is 0 Å². The summed E-state index contributed by atoms with van der Waals surface area (Å²) < 4.78 is 11.6. The highest BCUT2D eigenvalue weighted by atomic mass is 16.5. The molecule has 4 N–H and O–H groups in total. The van der Waals surface area contributed by atoms with Crippen molar-refractivity contribution in [2.45, 2.75) is 6.54 Å². The average molecular weight is 256 g/mol. The molecule has 0 unspecified atom stereocenters. The molecule has 0 aliphatic carbocycles. The zero-order chi connectivity index (χ0) is 13.2. The third-order valence-corrected chi connectivity index (χ3v) is 2.12. The Labute approximate surface area is 106 Å². The van der Waals surface area contributed by atoms with Crippen LogP contribution in [0, 0.1) is 0 Å². The summed E-state index contributed by atoms with van der Waals surface area (Å²) in [6.07, 6.45) is 3.54. The fraction of sp³-hybridized carbons (Fsp3) is 0.600. The Hall–Kier alpha value is -1.64. The van der Waals surface area contributed by atoms with Crippen molar-refractivity contribution in [1.82, 2.24) is 15.2 Å². The molecule has 0 aromatic carbocycles. The number of nitrogens with two attached hydrogens (primary N) is 1. The van der Waals surface area contributed by atoms with Crippen LogP contribution in [0.15, 0.2) is 17.4 Å². The van der Waals surface area contributed by atoms with Gasteiger partial charge in [-0.1, -0.05) is 0 Å². The van der Waals surface area contributed by atoms with Gasteiger partial charge in [-0.15, -0.1) is 0 Å². The highest BCUT2D eigenvalue weighted by Crippen LogP contribution is 2.04. The van der Waals surface area contributed by atoms with E-state index in [9.17, 15) is 0 Å². The van der Waals surface area contributed by atoms with Crippen molar-refractivity contribution in [2.75, 3.05) is 39.3 Å². The number of ether oxygens (including phenoxy) is 2. The van der Waals surface area contributed by atoms with Gasteiger partial charge in [-0.3, -0.25) is 10.1 Å². The number of guanidine groups is 1. The fourth-order valence-electron chi connectivity index (χ4n) is 1.24. The Bertz CT molecular complexity index is 365. The molecular formula is C10H20N6O2. The van der Waals surface area contributed by atoms with E-state index in [1.807, 2.05) is 6.20 Å². The Morgan fingerprint density at radius 2 is 2.22 bits per heavy atom. The topological polar surface area (TPSA) is 98.7 Å². The smallest absolute Gasteiger partial charge is 0.210 e. The van der Waals surface area contributed by atoms with E-state index in [1.54, 1.807) is 25.1 Å². The van der Waals surface area contributed by atoms with Crippen LogP contribution in [0.1, 0.15) is 0 Å². The molecule has 0 saturated carbocycles. The zero-order valence-corrected chi connectivity index (χ0v) is 10.7. The van der Waals surface area contributed by atoms with Crippen LogP contribution in [-0.4, -0.2) is 49.7 Å². The van der Waals surface area contributed by atoms with Gasteiger partial charge in [0.15, 0.2) is 0 Å². The quantitative estimate of drug-likeness (QED) is 0.198. The average Bonchev–Trinajstić information content (AvgIpc) is 2.83. The van der Waals surface area contributed by atoms with Crippen LogP contribution in [0.25, 0.3) is 0 Å². The monoisotopic (exact) mass is 256 g/mol. The maximum absolute atomic E-state index is 5.36. The van der Waals surface area contributed by atoms with Gasteiger partial charge in [0.05, 0.1) is 38.2 Å². The molecule has 18 heavy (non-hydrogen) atoms. The second-order valence-corrected chi connectivity index (χ2v) is 3.48. The molecule has 0 aliphatic heterocycles. The van der Waals surface area contributed by atoms with Crippen molar-refractivity contribution < 1.29 is 9.47 Å². The van der Waals surface area contributed by atoms with E-state index in [4.69, 9.17) is 15.3 Å². The van der Waals surface area contributed by atoms with E-state index in [1.165, 1.54) is 0 Å². The number of nitrogens with one attached hydrogen (secondary N) is 2. The van der Waals surface area contributed by atoms with E-state index in [0.717, 1.165) is 5.69 Å². The van der Waals surface area contributed by atoms with Crippen molar-refractivity contribution in [1.29, 1.82) is 0 Å². The molecule has 0 radical (unpaired) electrons. The van der Waals surface area contributed by atoms with E-state index < -0.39 is 0 Å². The summed E-state index contributed by atoms with van der Waals surface area (Å²) in [5.74, 6) is 5.83. The number of anilines is 1. The van der Waals surface area contributed by atoms with Gasteiger partial charge in [0, 0.05) is 20.4 Å². The normalized spacial score (nSPS) is 11.6. The van der Waals surface area contributed by atoms with Gasteiger partial charge in [-0.2, -0.15) is 5.10 Å². The lowest BCUT2D eigenvalue weighted by Gasteiger charge is -2.06. The van der Waals surface area contributed by atoms with Crippen LogP contribution in [0.3, 0.4) is 0 Å². The van der Waals surface area contributed by atoms with E-state index in [0.29, 0.717) is 32.3 Å². The summed E-state index contributed by atoms with van der Waals surface area (Å²) in [7, 11) is 3.28. The first kappa shape index (κ1) is 14.4. The van der Waals surface area contributed by atoms with Gasteiger partial charge >= 0.3 is 0 Å². The summed E-state index contributed by atoms with van der Waals surface area (Å²) in [5, 5.41) is 7.18. The summed E-state index contributed by atoms with van der Waals surface area (Å²) >= 11 is 0. The Morgan fingerprint density at radius 3 is 2.89 bits per heavy atom. The molecule has 102 valence electrons. The van der Waals surface area contributed by atoms with Gasteiger partial charge < -0.3 is 14.8 Å². The number of methoxy groups -OCH3 is 2. The molecule has 0 fully saturated rings. The zero-order valence-electron chi connectivity index (χ0n) is 10.7. The highest BCUT2D eigenvalue weighted by Gasteiger charge is 2.01. The molecule has 8 nitrogen and oxygen atoms in total. The first-order valence-corrected chi connectivity index (χ1v) is 5.58. The Morgan fingerprint density at radius 1 is 1.44 bits per heavy atom. The minimum absolute atomic E-state index is 0.471. The lowest BCUT2D eigenvalue weighted by Crippen LogP contribution is -2.36. The highest BCUT2D eigenvalue weighted by molar-refractivity contribution is 5.92. The standard InChI is InChI=1S/C10H20N6O2/c1-17-5-3-12-10(15-11)14-9-7-13-16(8-9)4-6-18-2/h7-8H,3-6,11H2,1-2H3,(H2,12,14,15). The molecule has 0 amide bonds. The number of aromatic nitrogens is 2. The molecule has 0 aliphatic rings. The van der Waals surface area contributed by atoms with E-state index in [2.05, 4.69) is 20.8 Å². The lowest BCUT2D eigenvalue weighted by atomic mass is 10.5. The summed E-state index contributed by atoms with van der Waals surface area (Å²) in [5.41, 5.74) is 3.29. The van der Waals surface area contributed by atoms with Crippen LogP contribution < -0.4 is 16.6 Å². The minimum atomic E-state index is 0.471. The second-order valence-electron chi connectivity index (χ2n) is 3.48. The molecule has 1 rings (SSSR count). The molecule has 1 heterocycles. The molecule has 0 bridgehead atoms. The van der Waals surface area contributed by atoms with Crippen molar-refractivity contribution in [3.05, 3.63) is 12.4 Å². The number of nitrogens with zero attached hydrogens (tertiary/aromatic N) is 3. The van der Waals surface area contributed by atoms with Crippen LogP contribution >= 0.6 is 0 Å². The fourth-order valence-corrected chi connectivity index (χ4v) is 1.24. The van der Waals surface area contributed by atoms with Crippen molar-refractivity contribution >= 4 is 11.6 Å². The van der Waals surface area contributed by atoms with Gasteiger partial charge in [0.2, 0.25) is 5.96 Å². The minimum Gasteiger partial charge on any atom is -0.383 e. The van der Waals surface area contributed by atoms with Crippen LogP contribution in [-0.2, 0) is 16.0 Å². The van der Waals surface area contributed by atoms with Gasteiger partial charge in [-0.05, 0) is 0 Å². The molecule has 0 spiro atoms. The third kappa shape index (κ3) is 5.13. The van der Waals surface area contributed by atoms with Crippen molar-refractivity contribution in [3.63, 3.8) is 0 Å². The van der Waals surface area contributed by atoms with Crippen LogP contribution in [0.5, 0.6) is 0 Å². The third-order valence-electron chi connectivity index (χ3n) is 2.12. The first-order chi connectivity index (χ1) is 8.80. The number of hydrogen-bond acceptors (Lipinski definition) is 5. The summed E-state index contributed by atoms with van der Waals surface area (Å²) in [6, 6.07) is 0. The van der Waals surface area contributed by atoms with E-state index >= 15 is 0 Å². The predicted molar refractivity (Wildman–Crippen MR) is 69.2 cm³/mol. The largest absolute Gasteiger partial charge is 0.383 e. The maximum atomic E-state index is 5.36. The van der Waals surface area contributed by atoms with Gasteiger partial charge in [0.25, 0.3) is 0 Å². The molecule has 1 aromatic rings. The van der Waals surface area contributed by atoms with Crippen molar-refractivity contribution in [2.24, 2.45) is 10.8 Å². The Kier molecular flexibility index (Phi) is 6.77. The number of aliphatic imine (C=N–C) groups is 1. The lowest BCUT2D eigenvalue weighted by molar-refractivity contribution is 0.183. The number of hydrazine groups is 1.